The Morgan fingerprint density at radius 2 is 1.41 bits per heavy atom. The van der Waals surface area contributed by atoms with Crippen molar-refractivity contribution in [2.75, 3.05) is 0 Å². The van der Waals surface area contributed by atoms with Gasteiger partial charge in [0.1, 0.15) is 22.6 Å². The van der Waals surface area contributed by atoms with Crippen molar-refractivity contribution < 1.29 is 41.6 Å². The Balaban J connectivity index is 0.000000238. The Morgan fingerprint density at radius 1 is 0.667 bits per heavy atom. The smallest absolute Gasteiger partial charge is 0.140 e. The predicted molar refractivity (Wildman–Crippen MR) is 251 cm³/mol. The summed E-state index contributed by atoms with van der Waals surface area (Å²) in [5, 5.41) is 3.96. The predicted octanol–water partition coefficient (Wildman–Crippen LogP) is 15.5. The van der Waals surface area contributed by atoms with Crippen LogP contribution >= 0.6 is 0 Å². The van der Waals surface area contributed by atoms with Gasteiger partial charge in [-0.05, 0) is 89.1 Å². The monoisotopic (exact) mass is 1010 g/mol. The summed E-state index contributed by atoms with van der Waals surface area (Å²) in [4.78, 5) is 9.31. The third kappa shape index (κ3) is 7.56. The number of hydrogen-bond donors (Lipinski definition) is 0. The quantitative estimate of drug-likeness (QED) is 0.156. The Bertz CT molecular complexity index is 3610. The molecule has 1 radical (unpaired) electrons. The van der Waals surface area contributed by atoms with Gasteiger partial charge >= 0.3 is 0 Å². The molecular weight excluding hydrogens is 958 g/mol. The molecule has 0 aliphatic rings. The van der Waals surface area contributed by atoms with Crippen molar-refractivity contribution in [2.24, 2.45) is 0 Å². The number of aromatic nitrogens is 3. The van der Waals surface area contributed by atoms with E-state index in [0.29, 0.717) is 28.2 Å². The van der Waals surface area contributed by atoms with Crippen LogP contribution in [0.4, 0.5) is 4.39 Å². The SMILES string of the molecule is CC(C)c1cc2c(oc3cc(-c4ccccc4)ccc32)c(C(C)C)c1-n1c(-c2[c-]ccc3c2oc2cc(F)ccc23)nc2ccccc21.[2H]C([2H])([2H])c1c[c-]c(-c2ccc(C([2H])([2H])[2H])cn2)cc1.[Ir]. The summed E-state index contributed by atoms with van der Waals surface area (Å²) in [6.45, 7) is 4.59. The van der Waals surface area contributed by atoms with Gasteiger partial charge in [-0.25, -0.2) is 4.39 Å². The molecule has 0 saturated carbocycles. The van der Waals surface area contributed by atoms with Crippen molar-refractivity contribution in [2.45, 2.75) is 53.2 Å². The average Bonchev–Trinajstić information content (AvgIpc) is 4.01. The third-order valence-corrected chi connectivity index (χ3v) is 11.4. The number of aryl methyl sites for hydroxylation is 2. The number of rotatable bonds is 6. The van der Waals surface area contributed by atoms with Crippen LogP contribution in [0.2, 0.25) is 0 Å². The minimum atomic E-state index is -2.18. The molecule has 0 bridgehead atoms. The van der Waals surface area contributed by atoms with E-state index in [1.54, 1.807) is 18.2 Å². The summed E-state index contributed by atoms with van der Waals surface area (Å²) < 4.78 is 73.4. The van der Waals surface area contributed by atoms with Crippen molar-refractivity contribution >= 4 is 54.9 Å². The molecule has 4 heterocycles. The fourth-order valence-corrected chi connectivity index (χ4v) is 8.42. The largest absolute Gasteiger partial charge is 0.500 e. The number of imidazole rings is 1. The molecule has 7 heteroatoms. The number of nitrogens with zero attached hydrogens (tertiary/aromatic N) is 3. The fraction of sp³-hybridized carbons (Fsp3) is 0.143. The number of furan rings is 2. The number of benzene rings is 7. The van der Waals surface area contributed by atoms with Crippen LogP contribution in [0.25, 0.3) is 94.4 Å². The molecule has 11 aromatic rings. The zero-order valence-corrected chi connectivity index (χ0v) is 37.3. The summed E-state index contributed by atoms with van der Waals surface area (Å²) in [5.41, 5.74) is 12.6. The Labute approximate surface area is 388 Å². The Kier molecular flexibility index (Phi) is 9.35. The number of halogens is 1. The molecule has 5 nitrogen and oxygen atoms in total. The van der Waals surface area contributed by atoms with Gasteiger partial charge in [0.15, 0.2) is 0 Å². The van der Waals surface area contributed by atoms with Crippen molar-refractivity contribution in [1.29, 1.82) is 0 Å². The zero-order valence-electron chi connectivity index (χ0n) is 40.9. The van der Waals surface area contributed by atoms with Crippen LogP contribution < -0.4 is 0 Å². The molecule has 11 rings (SSSR count). The van der Waals surface area contributed by atoms with E-state index < -0.39 is 13.7 Å². The van der Waals surface area contributed by atoms with Crippen LogP contribution in [0, 0.1) is 31.7 Å². The molecule has 0 amide bonds. The number of hydrogen-bond acceptors (Lipinski definition) is 4. The zero-order chi connectivity index (χ0) is 47.6. The standard InChI is InChI=1S/C43H32FN2O2.C13H12N.Ir/c1-24(2)33-23-34-30-19-17-27(26-11-6-5-7-12-26)21-37(30)48-42(34)39(25(3)4)40(33)46-36-16-9-8-15-35(36)45-43(46)32-14-10-13-31-29-20-18-28(44)22-38(29)47-41(31)32;1-10-3-6-12(7-4-10)13-8-5-11(2)9-14-13;/h5-13,15-25H,1-4H3;3-6,8-9H,1-2H3;/q2*-1;/i;1D3,2D3;. The van der Waals surface area contributed by atoms with E-state index in [1.807, 2.05) is 36.4 Å². The summed E-state index contributed by atoms with van der Waals surface area (Å²) in [6.07, 6.45) is 1.30. The second-order valence-electron chi connectivity index (χ2n) is 16.1. The molecule has 0 spiro atoms. The van der Waals surface area contributed by atoms with E-state index in [2.05, 4.69) is 104 Å². The van der Waals surface area contributed by atoms with Crippen LogP contribution in [0.5, 0.6) is 0 Å². The second-order valence-corrected chi connectivity index (χ2v) is 16.1. The van der Waals surface area contributed by atoms with Crippen molar-refractivity contribution in [3.8, 4) is 39.5 Å². The van der Waals surface area contributed by atoms with Gasteiger partial charge in [0.05, 0.1) is 22.4 Å². The molecule has 313 valence electrons. The van der Waals surface area contributed by atoms with Crippen LogP contribution in [0.3, 0.4) is 0 Å². The Hall–Kier alpha value is -6.66. The van der Waals surface area contributed by atoms with Gasteiger partial charge in [-0.15, -0.1) is 53.6 Å². The maximum Gasteiger partial charge on any atom is 0.140 e. The van der Waals surface area contributed by atoms with E-state index in [9.17, 15) is 4.39 Å². The van der Waals surface area contributed by atoms with E-state index in [-0.39, 0.29) is 48.9 Å². The normalized spacial score (nSPS) is 13.4. The summed E-state index contributed by atoms with van der Waals surface area (Å²) in [6, 6.07) is 49.9. The van der Waals surface area contributed by atoms with Crippen molar-refractivity contribution in [3.05, 3.63) is 186 Å². The summed E-state index contributed by atoms with van der Waals surface area (Å²) >= 11 is 0. The number of fused-ring (bicyclic) bond motifs is 7. The van der Waals surface area contributed by atoms with E-state index in [0.717, 1.165) is 71.7 Å². The molecule has 0 unspecified atom stereocenters. The van der Waals surface area contributed by atoms with Crippen molar-refractivity contribution in [1.82, 2.24) is 14.5 Å². The summed E-state index contributed by atoms with van der Waals surface area (Å²) in [5.74, 6) is 0.696. The van der Waals surface area contributed by atoms with Gasteiger partial charge < -0.3 is 18.4 Å². The van der Waals surface area contributed by atoms with Crippen LogP contribution in [-0.2, 0) is 20.1 Å². The molecule has 0 aliphatic heterocycles. The molecule has 7 aromatic carbocycles. The van der Waals surface area contributed by atoms with Gasteiger partial charge in [0, 0.05) is 68.0 Å². The number of pyridine rings is 1. The second kappa shape index (κ2) is 16.9. The molecule has 0 N–H and O–H groups in total. The molecule has 63 heavy (non-hydrogen) atoms. The molecule has 0 saturated heterocycles. The van der Waals surface area contributed by atoms with Gasteiger partial charge in [-0.1, -0.05) is 106 Å². The van der Waals surface area contributed by atoms with E-state index in [4.69, 9.17) is 22.0 Å². The first-order chi connectivity index (χ1) is 32.5. The van der Waals surface area contributed by atoms with Gasteiger partial charge in [0.25, 0.3) is 0 Å². The van der Waals surface area contributed by atoms with Crippen LogP contribution in [0.1, 0.15) is 70.0 Å². The first-order valence-electron chi connectivity index (χ1n) is 23.6. The third-order valence-electron chi connectivity index (χ3n) is 11.4. The topological polar surface area (TPSA) is 57.0 Å². The van der Waals surface area contributed by atoms with Crippen molar-refractivity contribution in [3.63, 3.8) is 0 Å². The van der Waals surface area contributed by atoms with E-state index >= 15 is 0 Å². The van der Waals surface area contributed by atoms with Gasteiger partial charge in [-0.2, -0.15) is 0 Å². The molecule has 0 atom stereocenters. The first kappa shape index (κ1) is 34.9. The Morgan fingerprint density at radius 3 is 2.16 bits per heavy atom. The number of para-hydroxylation sites is 2. The maximum absolute atomic E-state index is 14.3. The van der Waals surface area contributed by atoms with E-state index in [1.165, 1.54) is 42.1 Å². The fourth-order valence-electron chi connectivity index (χ4n) is 8.42. The molecular formula is C56H44FIrN3O2-2. The molecule has 0 fully saturated rings. The van der Waals surface area contributed by atoms with Gasteiger partial charge in [0.2, 0.25) is 0 Å². The molecule has 4 aromatic heterocycles. The maximum atomic E-state index is 14.3. The molecule has 0 aliphatic carbocycles. The average molecular weight is 1010 g/mol. The minimum Gasteiger partial charge on any atom is -0.500 e. The first-order valence-corrected chi connectivity index (χ1v) is 20.6. The van der Waals surface area contributed by atoms with Crippen LogP contribution in [0.15, 0.2) is 155 Å². The van der Waals surface area contributed by atoms with Crippen LogP contribution in [-0.4, -0.2) is 14.5 Å². The van der Waals surface area contributed by atoms with Gasteiger partial charge in [-0.3, -0.25) is 4.98 Å². The summed E-state index contributed by atoms with van der Waals surface area (Å²) in [7, 11) is 0. The minimum absolute atomic E-state index is 0.